The normalized spacial score (nSPS) is 10.1. The summed E-state index contributed by atoms with van der Waals surface area (Å²) < 4.78 is 21.2. The molecule has 0 aliphatic carbocycles. The maximum absolute atomic E-state index is 12.1. The topological polar surface area (TPSA) is 83.1 Å². The standard InChI is InChI=1S/C19H20BrNO6/c1-24-14-6-4-5-13(9-14)21-18(22)11-27-19(23)8-12-7-16(25-2)17(26-3)10-15(12)20/h4-7,9-10H,8,11H2,1-3H3,(H,21,22). The Kier molecular flexibility index (Phi) is 7.48. The Morgan fingerprint density at radius 2 is 1.70 bits per heavy atom. The van der Waals surface area contributed by atoms with Crippen molar-refractivity contribution in [2.45, 2.75) is 6.42 Å². The van der Waals surface area contributed by atoms with Gasteiger partial charge in [-0.05, 0) is 29.8 Å². The molecule has 0 fully saturated rings. The second-order valence-electron chi connectivity index (χ2n) is 5.42. The molecule has 0 radical (unpaired) electrons. The molecule has 1 amide bonds. The van der Waals surface area contributed by atoms with E-state index in [2.05, 4.69) is 21.2 Å². The van der Waals surface area contributed by atoms with Gasteiger partial charge < -0.3 is 24.3 Å². The van der Waals surface area contributed by atoms with Gasteiger partial charge in [0, 0.05) is 16.2 Å². The molecule has 2 rings (SSSR count). The Hall–Kier alpha value is -2.74. The summed E-state index contributed by atoms with van der Waals surface area (Å²) in [6, 6.07) is 10.3. The summed E-state index contributed by atoms with van der Waals surface area (Å²) in [5, 5.41) is 2.64. The third-order valence-corrected chi connectivity index (χ3v) is 4.34. The largest absolute Gasteiger partial charge is 0.497 e. The molecule has 0 saturated heterocycles. The van der Waals surface area contributed by atoms with Crippen molar-refractivity contribution in [2.24, 2.45) is 0 Å². The predicted molar refractivity (Wildman–Crippen MR) is 104 cm³/mol. The summed E-state index contributed by atoms with van der Waals surface area (Å²) in [5.41, 5.74) is 1.21. The Morgan fingerprint density at radius 1 is 1.00 bits per heavy atom. The van der Waals surface area contributed by atoms with Gasteiger partial charge in [-0.15, -0.1) is 0 Å². The molecule has 144 valence electrons. The van der Waals surface area contributed by atoms with Gasteiger partial charge in [-0.2, -0.15) is 0 Å². The van der Waals surface area contributed by atoms with Crippen molar-refractivity contribution in [3.05, 3.63) is 46.4 Å². The molecule has 0 atom stereocenters. The molecule has 0 spiro atoms. The first-order valence-corrected chi connectivity index (χ1v) is 8.76. The Labute approximate surface area is 165 Å². The van der Waals surface area contributed by atoms with Crippen LogP contribution in [0.3, 0.4) is 0 Å². The van der Waals surface area contributed by atoms with Crippen LogP contribution in [0.25, 0.3) is 0 Å². The van der Waals surface area contributed by atoms with Crippen molar-refractivity contribution in [3.63, 3.8) is 0 Å². The maximum Gasteiger partial charge on any atom is 0.310 e. The van der Waals surface area contributed by atoms with Crippen LogP contribution in [0, 0.1) is 0 Å². The summed E-state index contributed by atoms with van der Waals surface area (Å²) in [6.07, 6.45) is -0.0205. The SMILES string of the molecule is COc1cccc(NC(=O)COC(=O)Cc2cc(OC)c(OC)cc2Br)c1. The minimum absolute atomic E-state index is 0.0205. The van der Waals surface area contributed by atoms with Gasteiger partial charge in [0.15, 0.2) is 18.1 Å². The van der Waals surface area contributed by atoms with E-state index < -0.39 is 11.9 Å². The summed E-state index contributed by atoms with van der Waals surface area (Å²) >= 11 is 3.38. The first kappa shape index (κ1) is 20.6. The first-order valence-electron chi connectivity index (χ1n) is 7.96. The number of carbonyl (C=O) groups is 2. The van der Waals surface area contributed by atoms with Gasteiger partial charge in [-0.3, -0.25) is 9.59 Å². The number of hydrogen-bond acceptors (Lipinski definition) is 6. The lowest BCUT2D eigenvalue weighted by Gasteiger charge is -2.12. The second kappa shape index (κ2) is 9.82. The van der Waals surface area contributed by atoms with E-state index in [-0.39, 0.29) is 13.0 Å². The Balaban J connectivity index is 1.91. The number of esters is 1. The fourth-order valence-corrected chi connectivity index (χ4v) is 2.74. The summed E-state index contributed by atoms with van der Waals surface area (Å²) in [5.74, 6) is 0.674. The lowest BCUT2D eigenvalue weighted by atomic mass is 10.1. The first-order chi connectivity index (χ1) is 13.0. The van der Waals surface area contributed by atoms with Crippen molar-refractivity contribution in [1.82, 2.24) is 0 Å². The molecular weight excluding hydrogens is 418 g/mol. The van der Waals surface area contributed by atoms with Crippen LogP contribution in [0.4, 0.5) is 5.69 Å². The second-order valence-corrected chi connectivity index (χ2v) is 6.27. The third-order valence-electron chi connectivity index (χ3n) is 3.61. The van der Waals surface area contributed by atoms with Crippen LogP contribution < -0.4 is 19.5 Å². The van der Waals surface area contributed by atoms with Crippen molar-refractivity contribution >= 4 is 33.5 Å². The van der Waals surface area contributed by atoms with Crippen LogP contribution in [-0.2, 0) is 20.7 Å². The van der Waals surface area contributed by atoms with E-state index in [1.807, 2.05) is 0 Å². The quantitative estimate of drug-likeness (QED) is 0.638. The van der Waals surface area contributed by atoms with Crippen LogP contribution in [0.5, 0.6) is 17.2 Å². The van der Waals surface area contributed by atoms with Crippen molar-refractivity contribution in [1.29, 1.82) is 0 Å². The van der Waals surface area contributed by atoms with E-state index in [0.29, 0.717) is 33.0 Å². The molecule has 0 aromatic heterocycles. The van der Waals surface area contributed by atoms with Gasteiger partial charge in [-0.25, -0.2) is 0 Å². The molecule has 0 unspecified atom stereocenters. The van der Waals surface area contributed by atoms with E-state index >= 15 is 0 Å². The van der Waals surface area contributed by atoms with Crippen LogP contribution in [-0.4, -0.2) is 39.8 Å². The minimum Gasteiger partial charge on any atom is -0.497 e. The highest BCUT2D eigenvalue weighted by Crippen LogP contribution is 2.33. The number of halogens is 1. The molecule has 0 heterocycles. The van der Waals surface area contributed by atoms with E-state index in [0.717, 1.165) is 0 Å². The molecule has 0 saturated carbocycles. The molecule has 8 heteroatoms. The van der Waals surface area contributed by atoms with E-state index in [1.54, 1.807) is 36.4 Å². The van der Waals surface area contributed by atoms with E-state index in [1.165, 1.54) is 21.3 Å². The maximum atomic E-state index is 12.1. The van der Waals surface area contributed by atoms with Gasteiger partial charge in [0.2, 0.25) is 0 Å². The van der Waals surface area contributed by atoms with Crippen LogP contribution in [0.15, 0.2) is 40.9 Å². The zero-order valence-electron chi connectivity index (χ0n) is 15.2. The van der Waals surface area contributed by atoms with Crippen molar-refractivity contribution in [2.75, 3.05) is 33.3 Å². The average molecular weight is 438 g/mol. The lowest BCUT2D eigenvalue weighted by molar-refractivity contribution is -0.146. The van der Waals surface area contributed by atoms with Gasteiger partial charge in [0.25, 0.3) is 5.91 Å². The summed E-state index contributed by atoms with van der Waals surface area (Å²) in [4.78, 5) is 24.0. The highest BCUT2D eigenvalue weighted by molar-refractivity contribution is 9.10. The van der Waals surface area contributed by atoms with E-state index in [9.17, 15) is 9.59 Å². The van der Waals surface area contributed by atoms with Crippen LogP contribution in [0.2, 0.25) is 0 Å². The van der Waals surface area contributed by atoms with Gasteiger partial charge >= 0.3 is 5.97 Å². The lowest BCUT2D eigenvalue weighted by Crippen LogP contribution is -2.21. The van der Waals surface area contributed by atoms with E-state index in [4.69, 9.17) is 18.9 Å². The number of benzene rings is 2. The molecular formula is C19H20BrNO6. The molecule has 0 bridgehead atoms. The number of carbonyl (C=O) groups excluding carboxylic acids is 2. The molecule has 0 aliphatic rings. The van der Waals surface area contributed by atoms with Crippen molar-refractivity contribution < 1.29 is 28.5 Å². The molecule has 7 nitrogen and oxygen atoms in total. The number of ether oxygens (including phenoxy) is 4. The zero-order chi connectivity index (χ0) is 19.8. The number of rotatable bonds is 8. The van der Waals surface area contributed by atoms with Gasteiger partial charge in [0.05, 0.1) is 27.8 Å². The number of anilines is 1. The van der Waals surface area contributed by atoms with Gasteiger partial charge in [0.1, 0.15) is 5.75 Å². The highest BCUT2D eigenvalue weighted by atomic mass is 79.9. The molecule has 27 heavy (non-hydrogen) atoms. The number of methoxy groups -OCH3 is 3. The molecule has 2 aromatic carbocycles. The monoisotopic (exact) mass is 437 g/mol. The summed E-state index contributed by atoms with van der Waals surface area (Å²) in [6.45, 7) is -0.388. The fourth-order valence-electron chi connectivity index (χ4n) is 2.28. The Morgan fingerprint density at radius 3 is 2.37 bits per heavy atom. The summed E-state index contributed by atoms with van der Waals surface area (Å²) in [7, 11) is 4.57. The highest BCUT2D eigenvalue weighted by Gasteiger charge is 2.15. The number of hydrogen-bond donors (Lipinski definition) is 1. The molecule has 2 aromatic rings. The minimum atomic E-state index is -0.538. The fraction of sp³-hybridized carbons (Fsp3) is 0.263. The third kappa shape index (κ3) is 5.89. The smallest absolute Gasteiger partial charge is 0.310 e. The zero-order valence-corrected chi connectivity index (χ0v) is 16.8. The van der Waals surface area contributed by atoms with Crippen LogP contribution in [0.1, 0.15) is 5.56 Å². The molecule has 0 aliphatic heterocycles. The number of amides is 1. The molecule has 1 N–H and O–H groups in total. The predicted octanol–water partition coefficient (Wildman–Crippen LogP) is 3.20. The Bertz CT molecular complexity index is 824. The average Bonchev–Trinajstić information content (AvgIpc) is 2.67. The number of nitrogens with one attached hydrogen (secondary N) is 1. The van der Waals surface area contributed by atoms with Crippen molar-refractivity contribution in [3.8, 4) is 17.2 Å². The van der Waals surface area contributed by atoms with Gasteiger partial charge in [-0.1, -0.05) is 22.0 Å². The van der Waals surface area contributed by atoms with Crippen LogP contribution >= 0.6 is 15.9 Å².